The third-order valence-electron chi connectivity index (χ3n) is 4.59. The molecule has 0 spiro atoms. The maximum Gasteiger partial charge on any atom is 0.302 e. The van der Waals surface area contributed by atoms with E-state index in [0.29, 0.717) is 30.2 Å². The highest BCUT2D eigenvalue weighted by Gasteiger charge is 2.31. The molecule has 2 aromatic carbocycles. The monoisotopic (exact) mass is 387 g/mol. The van der Waals surface area contributed by atoms with Crippen molar-refractivity contribution in [1.29, 1.82) is 0 Å². The number of halogens is 2. The summed E-state index contributed by atoms with van der Waals surface area (Å²) >= 11 is 0. The van der Waals surface area contributed by atoms with Gasteiger partial charge in [0.15, 0.2) is 11.6 Å². The van der Waals surface area contributed by atoms with Crippen LogP contribution in [0.3, 0.4) is 0 Å². The number of fused-ring (bicyclic) bond motifs is 2. The maximum absolute atomic E-state index is 14.7. The van der Waals surface area contributed by atoms with E-state index in [2.05, 4.69) is 31.1 Å². The van der Waals surface area contributed by atoms with Crippen LogP contribution in [-0.2, 0) is 0 Å². The van der Waals surface area contributed by atoms with E-state index in [4.69, 9.17) is 9.47 Å². The van der Waals surface area contributed by atoms with Gasteiger partial charge in [-0.3, -0.25) is 4.57 Å². The molecular weight excluding hydrogens is 364 g/mol. The Morgan fingerprint density at radius 1 is 1.25 bits per heavy atom. The molecule has 7 heteroatoms. The number of hydrogen-bond acceptors (Lipinski definition) is 4. The molecule has 1 aromatic heterocycles. The van der Waals surface area contributed by atoms with Crippen molar-refractivity contribution >= 4 is 11.0 Å². The smallest absolute Gasteiger partial charge is 0.302 e. The summed E-state index contributed by atoms with van der Waals surface area (Å²) in [6, 6.07) is 8.37. The molecular formula is C21H23F2N3O2. The van der Waals surface area contributed by atoms with Crippen LogP contribution in [0, 0.1) is 11.6 Å². The van der Waals surface area contributed by atoms with Crippen LogP contribution in [0.15, 0.2) is 30.3 Å². The quantitative estimate of drug-likeness (QED) is 0.715. The molecule has 1 aliphatic heterocycles. The van der Waals surface area contributed by atoms with Crippen molar-refractivity contribution in [2.75, 3.05) is 13.2 Å². The van der Waals surface area contributed by atoms with Crippen molar-refractivity contribution in [3.05, 3.63) is 47.5 Å². The minimum atomic E-state index is -0.962. The zero-order valence-electron chi connectivity index (χ0n) is 16.3. The van der Waals surface area contributed by atoms with Gasteiger partial charge in [-0.1, -0.05) is 12.1 Å². The van der Waals surface area contributed by atoms with Gasteiger partial charge in [0, 0.05) is 11.1 Å². The number of hydrogen-bond donors (Lipinski definition) is 1. The van der Waals surface area contributed by atoms with E-state index >= 15 is 0 Å². The second-order valence-corrected chi connectivity index (χ2v) is 7.85. The highest BCUT2D eigenvalue weighted by molar-refractivity contribution is 5.81. The summed E-state index contributed by atoms with van der Waals surface area (Å²) in [5.41, 5.74) is 1.80. The molecule has 0 radical (unpaired) electrons. The zero-order valence-corrected chi connectivity index (χ0v) is 16.3. The summed E-state index contributed by atoms with van der Waals surface area (Å²) < 4.78 is 41.8. The number of imidazole rings is 1. The van der Waals surface area contributed by atoms with E-state index < -0.39 is 11.6 Å². The molecule has 1 N–H and O–H groups in total. The molecule has 5 nitrogen and oxygen atoms in total. The number of ether oxygens (including phenoxy) is 2. The van der Waals surface area contributed by atoms with E-state index in [1.807, 2.05) is 19.1 Å². The first-order valence-corrected chi connectivity index (χ1v) is 9.33. The van der Waals surface area contributed by atoms with Gasteiger partial charge in [-0.05, 0) is 45.9 Å². The SMILES string of the molecule is CCOc1nc2ccc(F)c(F)c2n1-c1cccc2c1OC[C@H]2NC(C)(C)C. The molecule has 1 atom stereocenters. The van der Waals surface area contributed by atoms with Crippen LogP contribution in [0.4, 0.5) is 8.78 Å². The Labute approximate surface area is 162 Å². The van der Waals surface area contributed by atoms with Crippen LogP contribution < -0.4 is 14.8 Å². The summed E-state index contributed by atoms with van der Waals surface area (Å²) in [5, 5.41) is 3.53. The lowest BCUT2D eigenvalue weighted by Crippen LogP contribution is -2.39. The van der Waals surface area contributed by atoms with E-state index in [1.54, 1.807) is 6.07 Å². The number of para-hydroxylation sites is 1. The maximum atomic E-state index is 14.7. The van der Waals surface area contributed by atoms with Gasteiger partial charge in [0.1, 0.15) is 17.9 Å². The fraction of sp³-hybridized carbons (Fsp3) is 0.381. The minimum Gasteiger partial charge on any atom is -0.489 e. The van der Waals surface area contributed by atoms with Crippen LogP contribution in [0.2, 0.25) is 0 Å². The van der Waals surface area contributed by atoms with Gasteiger partial charge >= 0.3 is 6.01 Å². The Morgan fingerprint density at radius 2 is 2.04 bits per heavy atom. The van der Waals surface area contributed by atoms with Crippen LogP contribution in [0.5, 0.6) is 11.8 Å². The second-order valence-electron chi connectivity index (χ2n) is 7.85. The van der Waals surface area contributed by atoms with Gasteiger partial charge in [0.05, 0.1) is 23.9 Å². The van der Waals surface area contributed by atoms with E-state index in [0.717, 1.165) is 11.6 Å². The minimum absolute atomic E-state index is 0.00172. The van der Waals surface area contributed by atoms with Crippen molar-refractivity contribution < 1.29 is 18.3 Å². The molecule has 0 bridgehead atoms. The van der Waals surface area contributed by atoms with Crippen LogP contribution >= 0.6 is 0 Å². The van der Waals surface area contributed by atoms with Crippen molar-refractivity contribution in [3.8, 4) is 17.4 Å². The van der Waals surface area contributed by atoms with E-state index in [9.17, 15) is 8.78 Å². The Bertz CT molecular complexity index is 1040. The first kappa shape index (κ1) is 18.7. The third-order valence-corrected chi connectivity index (χ3v) is 4.59. The summed E-state index contributed by atoms with van der Waals surface area (Å²) in [7, 11) is 0. The second kappa shape index (κ2) is 6.74. The predicted octanol–water partition coefficient (Wildman–Crippen LogP) is 4.52. The first-order chi connectivity index (χ1) is 13.3. The molecule has 2 heterocycles. The normalized spacial score (nSPS) is 16.3. The van der Waals surface area contributed by atoms with Gasteiger partial charge in [-0.2, -0.15) is 4.98 Å². The average Bonchev–Trinajstić information content (AvgIpc) is 3.19. The molecule has 0 aliphatic carbocycles. The lowest BCUT2D eigenvalue weighted by Gasteiger charge is -2.25. The van der Waals surface area contributed by atoms with Gasteiger partial charge in [0.25, 0.3) is 0 Å². The Hall–Kier alpha value is -2.67. The molecule has 4 rings (SSSR count). The molecule has 28 heavy (non-hydrogen) atoms. The topological polar surface area (TPSA) is 48.3 Å². The molecule has 0 fully saturated rings. The van der Waals surface area contributed by atoms with Crippen molar-refractivity contribution in [3.63, 3.8) is 0 Å². The first-order valence-electron chi connectivity index (χ1n) is 9.33. The van der Waals surface area contributed by atoms with Crippen LogP contribution in [0.1, 0.15) is 39.3 Å². The fourth-order valence-electron chi connectivity index (χ4n) is 3.58. The summed E-state index contributed by atoms with van der Waals surface area (Å²) in [6.45, 7) is 8.88. The lowest BCUT2D eigenvalue weighted by molar-refractivity contribution is 0.274. The van der Waals surface area contributed by atoms with Crippen molar-refractivity contribution in [2.24, 2.45) is 0 Å². The fourth-order valence-corrected chi connectivity index (χ4v) is 3.58. The number of benzene rings is 2. The molecule has 0 amide bonds. The molecule has 0 unspecified atom stereocenters. The summed E-state index contributed by atoms with van der Waals surface area (Å²) in [6.07, 6.45) is 0. The van der Waals surface area contributed by atoms with E-state index in [1.165, 1.54) is 10.6 Å². The number of nitrogens with zero attached hydrogens (tertiary/aromatic N) is 2. The largest absolute Gasteiger partial charge is 0.489 e. The van der Waals surface area contributed by atoms with Gasteiger partial charge < -0.3 is 14.8 Å². The zero-order chi connectivity index (χ0) is 20.1. The average molecular weight is 387 g/mol. The Kier molecular flexibility index (Phi) is 4.50. The number of rotatable bonds is 4. The molecule has 1 aliphatic rings. The summed E-state index contributed by atoms with van der Waals surface area (Å²) in [4.78, 5) is 4.35. The van der Waals surface area contributed by atoms with E-state index in [-0.39, 0.29) is 23.1 Å². The number of aromatic nitrogens is 2. The van der Waals surface area contributed by atoms with Gasteiger partial charge in [0.2, 0.25) is 0 Å². The molecule has 0 saturated carbocycles. The van der Waals surface area contributed by atoms with Gasteiger partial charge in [-0.15, -0.1) is 0 Å². The Balaban J connectivity index is 1.92. The van der Waals surface area contributed by atoms with Crippen molar-refractivity contribution in [2.45, 2.75) is 39.3 Å². The Morgan fingerprint density at radius 3 is 2.75 bits per heavy atom. The molecule has 3 aromatic rings. The lowest BCUT2D eigenvalue weighted by atomic mass is 10.0. The van der Waals surface area contributed by atoms with Crippen LogP contribution in [0.25, 0.3) is 16.7 Å². The standard InChI is InChI=1S/C21H23F2N3O2/c1-5-27-20-24-14-10-9-13(22)17(23)18(14)26(20)16-8-6-7-12-15(11-28-19(12)16)25-21(2,3)4/h6-10,15,25H,5,11H2,1-4H3/t15-/m1/s1. The number of nitrogens with one attached hydrogen (secondary N) is 1. The molecule has 0 saturated heterocycles. The molecule has 148 valence electrons. The van der Waals surface area contributed by atoms with Gasteiger partial charge in [-0.25, -0.2) is 8.78 Å². The van der Waals surface area contributed by atoms with Crippen LogP contribution in [-0.4, -0.2) is 28.3 Å². The highest BCUT2D eigenvalue weighted by Crippen LogP contribution is 2.41. The highest BCUT2D eigenvalue weighted by atomic mass is 19.2. The van der Waals surface area contributed by atoms with Crippen molar-refractivity contribution in [1.82, 2.24) is 14.9 Å². The third kappa shape index (κ3) is 3.09. The summed E-state index contributed by atoms with van der Waals surface area (Å²) in [5.74, 6) is -1.28. The predicted molar refractivity (Wildman–Crippen MR) is 103 cm³/mol.